The van der Waals surface area contributed by atoms with Crippen molar-refractivity contribution in [3.63, 3.8) is 0 Å². The van der Waals surface area contributed by atoms with Gasteiger partial charge >= 0.3 is 0 Å². The Kier molecular flexibility index (Phi) is 4.39. The Bertz CT molecular complexity index is 984. The molecule has 0 bridgehead atoms. The summed E-state index contributed by atoms with van der Waals surface area (Å²) in [7, 11) is 0. The summed E-state index contributed by atoms with van der Waals surface area (Å²) in [5, 5.41) is 2.46. The van der Waals surface area contributed by atoms with Crippen LogP contribution in [0, 0.1) is 11.6 Å². The minimum absolute atomic E-state index is 0.330. The third kappa shape index (κ3) is 3.18. The lowest BCUT2D eigenvalue weighted by Gasteiger charge is -2.09. The number of halogens is 3. The summed E-state index contributed by atoms with van der Waals surface area (Å²) in [6, 6.07) is 8.25. The van der Waals surface area contributed by atoms with Crippen molar-refractivity contribution >= 4 is 38.4 Å². The van der Waals surface area contributed by atoms with Crippen LogP contribution in [0.5, 0.6) is 0 Å². The predicted molar refractivity (Wildman–Crippen MR) is 88.7 cm³/mol. The molecule has 0 saturated heterocycles. The Morgan fingerprint density at radius 1 is 1.21 bits per heavy atom. The second-order valence-corrected chi connectivity index (χ2v) is 5.90. The van der Waals surface area contributed by atoms with E-state index in [2.05, 4.69) is 26.2 Å². The van der Waals surface area contributed by atoms with Crippen LogP contribution in [-0.4, -0.2) is 15.5 Å². The average molecular weight is 394 g/mol. The van der Waals surface area contributed by atoms with Gasteiger partial charge in [0.05, 0.1) is 17.2 Å². The number of carbonyl (C=O) groups is 1. The van der Waals surface area contributed by atoms with Crippen molar-refractivity contribution in [3.05, 3.63) is 69.2 Å². The van der Waals surface area contributed by atoms with Gasteiger partial charge in [0.15, 0.2) is 0 Å². The Morgan fingerprint density at radius 3 is 2.62 bits per heavy atom. The fourth-order valence-corrected chi connectivity index (χ4v) is 2.56. The summed E-state index contributed by atoms with van der Waals surface area (Å²) in [5.74, 6) is -2.52. The van der Waals surface area contributed by atoms with Gasteiger partial charge in [-0.1, -0.05) is 22.0 Å². The summed E-state index contributed by atoms with van der Waals surface area (Å²) in [5.41, 5.74) is -0.488. The molecule has 24 heavy (non-hydrogen) atoms. The van der Waals surface area contributed by atoms with Crippen LogP contribution in [0.15, 0.2) is 52.0 Å². The van der Waals surface area contributed by atoms with Gasteiger partial charge in [0.25, 0.3) is 5.56 Å². The molecule has 2 aromatic carbocycles. The molecule has 1 N–H and O–H groups in total. The molecule has 3 aromatic rings. The van der Waals surface area contributed by atoms with E-state index < -0.39 is 35.3 Å². The molecule has 0 saturated carbocycles. The van der Waals surface area contributed by atoms with Crippen molar-refractivity contribution < 1.29 is 13.6 Å². The lowest BCUT2D eigenvalue weighted by Crippen LogP contribution is -2.28. The second kappa shape index (κ2) is 6.48. The average Bonchev–Trinajstić information content (AvgIpc) is 2.54. The highest BCUT2D eigenvalue weighted by Gasteiger charge is 2.13. The first-order valence-electron chi connectivity index (χ1n) is 6.84. The van der Waals surface area contributed by atoms with Crippen LogP contribution in [0.1, 0.15) is 0 Å². The highest BCUT2D eigenvalue weighted by Crippen LogP contribution is 2.18. The lowest BCUT2D eigenvalue weighted by molar-refractivity contribution is -0.116. The summed E-state index contributed by atoms with van der Waals surface area (Å²) in [4.78, 5) is 28.5. The number of fused-ring (bicyclic) bond motifs is 1. The number of benzene rings is 2. The molecular weight excluding hydrogens is 384 g/mol. The maximum Gasteiger partial charge on any atom is 0.261 e. The van der Waals surface area contributed by atoms with Crippen LogP contribution in [0.4, 0.5) is 14.5 Å². The van der Waals surface area contributed by atoms with Gasteiger partial charge in [-0.15, -0.1) is 0 Å². The zero-order valence-electron chi connectivity index (χ0n) is 12.1. The summed E-state index contributed by atoms with van der Waals surface area (Å²) < 4.78 is 28.9. The van der Waals surface area contributed by atoms with Crippen molar-refractivity contribution in [1.29, 1.82) is 0 Å². The summed E-state index contributed by atoms with van der Waals surface area (Å²) >= 11 is 3.26. The van der Waals surface area contributed by atoms with Gasteiger partial charge in [0, 0.05) is 4.47 Å². The fourth-order valence-electron chi connectivity index (χ4n) is 2.19. The predicted octanol–water partition coefficient (Wildman–Crippen LogP) is 3.08. The van der Waals surface area contributed by atoms with E-state index in [-0.39, 0.29) is 0 Å². The quantitative estimate of drug-likeness (QED) is 0.743. The van der Waals surface area contributed by atoms with Crippen LogP contribution in [0.25, 0.3) is 10.9 Å². The van der Waals surface area contributed by atoms with E-state index in [9.17, 15) is 18.4 Å². The molecular formula is C16H10BrF2N3O2. The van der Waals surface area contributed by atoms with Crippen molar-refractivity contribution in [2.75, 3.05) is 5.32 Å². The van der Waals surface area contributed by atoms with Crippen molar-refractivity contribution in [2.24, 2.45) is 0 Å². The molecule has 0 aliphatic heterocycles. The fraction of sp³-hybridized carbons (Fsp3) is 0.0625. The van der Waals surface area contributed by atoms with Crippen molar-refractivity contribution in [1.82, 2.24) is 9.55 Å². The summed E-state index contributed by atoms with van der Waals surface area (Å²) in [6.45, 7) is -0.415. The molecule has 1 heterocycles. The first-order chi connectivity index (χ1) is 11.5. The third-order valence-electron chi connectivity index (χ3n) is 3.33. The number of para-hydroxylation sites is 1. The van der Waals surface area contributed by atoms with E-state index in [0.717, 1.165) is 16.7 Å². The number of nitrogens with zero attached hydrogens (tertiary/aromatic N) is 2. The Morgan fingerprint density at radius 2 is 1.92 bits per heavy atom. The number of anilines is 1. The molecule has 0 atom stereocenters. The van der Waals surface area contributed by atoms with Crippen LogP contribution in [0.3, 0.4) is 0 Å². The monoisotopic (exact) mass is 393 g/mol. The standard InChI is InChI=1S/C16H10BrF2N3O2/c17-9-4-5-13-10(6-9)16(24)22(8-20-13)7-14(23)21-15-11(18)2-1-3-12(15)19/h1-6,8H,7H2,(H,21,23). The zero-order chi connectivity index (χ0) is 17.3. The van der Waals surface area contributed by atoms with E-state index in [1.807, 2.05) is 0 Å². The second-order valence-electron chi connectivity index (χ2n) is 4.98. The van der Waals surface area contributed by atoms with Gasteiger partial charge < -0.3 is 5.32 Å². The van der Waals surface area contributed by atoms with Gasteiger partial charge in [0.1, 0.15) is 23.9 Å². The van der Waals surface area contributed by atoms with Crippen LogP contribution in [0.2, 0.25) is 0 Å². The molecule has 122 valence electrons. The largest absolute Gasteiger partial charge is 0.320 e. The zero-order valence-corrected chi connectivity index (χ0v) is 13.7. The van der Waals surface area contributed by atoms with Crippen LogP contribution >= 0.6 is 15.9 Å². The molecule has 0 radical (unpaired) electrons. The molecule has 0 unspecified atom stereocenters. The number of carbonyl (C=O) groups excluding carboxylic acids is 1. The van der Waals surface area contributed by atoms with E-state index >= 15 is 0 Å². The smallest absolute Gasteiger partial charge is 0.261 e. The van der Waals surface area contributed by atoms with E-state index in [4.69, 9.17) is 0 Å². The van der Waals surface area contributed by atoms with E-state index in [1.165, 1.54) is 12.4 Å². The van der Waals surface area contributed by atoms with Crippen molar-refractivity contribution in [2.45, 2.75) is 6.54 Å². The van der Waals surface area contributed by atoms with Gasteiger partial charge in [-0.05, 0) is 30.3 Å². The number of aromatic nitrogens is 2. The Hall–Kier alpha value is -2.61. The molecule has 1 amide bonds. The van der Waals surface area contributed by atoms with Crippen LogP contribution < -0.4 is 10.9 Å². The molecule has 3 rings (SSSR count). The van der Waals surface area contributed by atoms with Gasteiger partial charge in [0.2, 0.25) is 5.91 Å². The lowest BCUT2D eigenvalue weighted by atomic mass is 10.2. The van der Waals surface area contributed by atoms with E-state index in [0.29, 0.717) is 15.4 Å². The molecule has 1 aromatic heterocycles. The minimum Gasteiger partial charge on any atom is -0.320 e. The topological polar surface area (TPSA) is 64.0 Å². The van der Waals surface area contributed by atoms with Gasteiger partial charge in [-0.25, -0.2) is 13.8 Å². The maximum absolute atomic E-state index is 13.5. The minimum atomic E-state index is -0.892. The first-order valence-corrected chi connectivity index (χ1v) is 7.63. The summed E-state index contributed by atoms with van der Waals surface area (Å²) in [6.07, 6.45) is 1.22. The Labute approximate surface area is 143 Å². The number of hydrogen-bond acceptors (Lipinski definition) is 3. The van der Waals surface area contributed by atoms with Gasteiger partial charge in [-0.3, -0.25) is 14.2 Å². The van der Waals surface area contributed by atoms with Gasteiger partial charge in [-0.2, -0.15) is 0 Å². The number of nitrogens with one attached hydrogen (secondary N) is 1. The SMILES string of the molecule is O=C(Cn1cnc2ccc(Br)cc2c1=O)Nc1c(F)cccc1F. The van der Waals surface area contributed by atoms with Crippen molar-refractivity contribution in [3.8, 4) is 0 Å². The number of rotatable bonds is 3. The highest BCUT2D eigenvalue weighted by molar-refractivity contribution is 9.10. The maximum atomic E-state index is 13.5. The molecule has 0 spiro atoms. The normalized spacial score (nSPS) is 10.8. The molecule has 8 heteroatoms. The van der Waals surface area contributed by atoms with Crippen LogP contribution in [-0.2, 0) is 11.3 Å². The molecule has 5 nitrogen and oxygen atoms in total. The number of hydrogen-bond donors (Lipinski definition) is 1. The molecule has 0 fully saturated rings. The molecule has 0 aliphatic carbocycles. The third-order valence-corrected chi connectivity index (χ3v) is 3.82. The molecule has 0 aliphatic rings. The first kappa shape index (κ1) is 16.3. The van der Waals surface area contributed by atoms with E-state index in [1.54, 1.807) is 18.2 Å². The Balaban J connectivity index is 1.88. The number of amides is 1. The highest BCUT2D eigenvalue weighted by atomic mass is 79.9.